The molecule has 0 unspecified atom stereocenters. The molecular formula is C21H29N3O4. The Labute approximate surface area is 166 Å². The summed E-state index contributed by atoms with van der Waals surface area (Å²) in [5.41, 5.74) is 1.82. The van der Waals surface area contributed by atoms with Crippen LogP contribution < -0.4 is 15.5 Å². The Morgan fingerprint density at radius 3 is 2.71 bits per heavy atom. The minimum atomic E-state index is -0.215. The molecule has 1 aromatic carbocycles. The predicted octanol–water partition coefficient (Wildman–Crippen LogP) is 3.62. The van der Waals surface area contributed by atoms with Gasteiger partial charge in [-0.3, -0.25) is 0 Å². The van der Waals surface area contributed by atoms with Crippen LogP contribution in [0.5, 0.6) is 0 Å². The van der Waals surface area contributed by atoms with Crippen molar-refractivity contribution in [1.82, 2.24) is 5.32 Å². The molecule has 2 N–H and O–H groups in total. The molecule has 1 aliphatic heterocycles. The van der Waals surface area contributed by atoms with Crippen molar-refractivity contribution in [3.63, 3.8) is 0 Å². The van der Waals surface area contributed by atoms with E-state index in [4.69, 9.17) is 13.9 Å². The number of hydrogen-bond acceptors (Lipinski definition) is 5. The lowest BCUT2D eigenvalue weighted by Gasteiger charge is -2.37. The van der Waals surface area contributed by atoms with Crippen LogP contribution in [0.15, 0.2) is 47.1 Å². The molecular weight excluding hydrogens is 358 g/mol. The first-order valence-electron chi connectivity index (χ1n) is 9.76. The van der Waals surface area contributed by atoms with E-state index in [-0.39, 0.29) is 18.2 Å². The van der Waals surface area contributed by atoms with Crippen LogP contribution in [-0.4, -0.2) is 44.5 Å². The predicted molar refractivity (Wildman–Crippen MR) is 109 cm³/mol. The van der Waals surface area contributed by atoms with E-state index >= 15 is 0 Å². The average molecular weight is 387 g/mol. The van der Waals surface area contributed by atoms with E-state index in [1.807, 2.05) is 36.4 Å². The van der Waals surface area contributed by atoms with Crippen LogP contribution in [0, 0.1) is 0 Å². The number of hydrogen-bond donors (Lipinski definition) is 2. The number of carbonyl (C=O) groups is 1. The van der Waals surface area contributed by atoms with Crippen molar-refractivity contribution in [2.75, 3.05) is 36.5 Å². The molecule has 1 aliphatic rings. The van der Waals surface area contributed by atoms with E-state index in [1.165, 1.54) is 0 Å². The molecule has 1 aromatic heterocycles. The van der Waals surface area contributed by atoms with Crippen LogP contribution in [-0.2, 0) is 16.1 Å². The van der Waals surface area contributed by atoms with Crippen molar-refractivity contribution in [2.45, 2.75) is 39.1 Å². The fourth-order valence-corrected chi connectivity index (χ4v) is 3.34. The summed E-state index contributed by atoms with van der Waals surface area (Å²) in [6.07, 6.45) is 2.67. The standard InChI is InChI=1S/C21H29N3O4/c1-16-13-24(14-17(2)28-16)20-9-4-3-8-19(20)23-21(25)22-10-6-11-26-15-18-7-5-12-27-18/h3-5,7-9,12,16-17H,6,10-11,13-15H2,1-2H3,(H2,22,23,25)/t16-,17-/m0/s1. The molecule has 1 fully saturated rings. The van der Waals surface area contributed by atoms with E-state index in [9.17, 15) is 4.79 Å². The maximum absolute atomic E-state index is 12.3. The molecule has 7 heteroatoms. The zero-order chi connectivity index (χ0) is 19.8. The van der Waals surface area contributed by atoms with Crippen LogP contribution in [0.1, 0.15) is 26.0 Å². The Kier molecular flexibility index (Phi) is 7.33. The molecule has 0 spiro atoms. The van der Waals surface area contributed by atoms with Gasteiger partial charge in [-0.25, -0.2) is 4.79 Å². The molecule has 0 bridgehead atoms. The number of urea groups is 1. The lowest BCUT2D eigenvalue weighted by molar-refractivity contribution is -0.00517. The van der Waals surface area contributed by atoms with Crippen molar-refractivity contribution in [3.8, 4) is 0 Å². The first-order valence-corrected chi connectivity index (χ1v) is 9.76. The van der Waals surface area contributed by atoms with Gasteiger partial charge >= 0.3 is 6.03 Å². The fraction of sp³-hybridized carbons (Fsp3) is 0.476. The van der Waals surface area contributed by atoms with E-state index in [2.05, 4.69) is 29.4 Å². The molecule has 2 aromatic rings. The second-order valence-corrected chi connectivity index (χ2v) is 7.05. The third-order valence-electron chi connectivity index (χ3n) is 4.49. The van der Waals surface area contributed by atoms with Crippen molar-refractivity contribution in [3.05, 3.63) is 48.4 Å². The van der Waals surface area contributed by atoms with E-state index in [1.54, 1.807) is 6.26 Å². The third-order valence-corrected chi connectivity index (χ3v) is 4.49. The van der Waals surface area contributed by atoms with Gasteiger partial charge in [0, 0.05) is 26.2 Å². The number of nitrogens with zero attached hydrogens (tertiary/aromatic N) is 1. The minimum absolute atomic E-state index is 0.159. The highest BCUT2D eigenvalue weighted by molar-refractivity contribution is 5.93. The van der Waals surface area contributed by atoms with Gasteiger partial charge in [0.1, 0.15) is 12.4 Å². The zero-order valence-corrected chi connectivity index (χ0v) is 16.5. The Morgan fingerprint density at radius 2 is 1.96 bits per heavy atom. The quantitative estimate of drug-likeness (QED) is 0.677. The smallest absolute Gasteiger partial charge is 0.319 e. The summed E-state index contributed by atoms with van der Waals surface area (Å²) in [5, 5.41) is 5.84. The highest BCUT2D eigenvalue weighted by Crippen LogP contribution is 2.28. The van der Waals surface area contributed by atoms with Gasteiger partial charge in [0.15, 0.2) is 0 Å². The number of furan rings is 1. The Balaban J connectivity index is 1.42. The summed E-state index contributed by atoms with van der Waals surface area (Å²) in [6.45, 7) is 7.29. The second kappa shape index (κ2) is 10.1. The minimum Gasteiger partial charge on any atom is -0.467 e. The van der Waals surface area contributed by atoms with Crippen LogP contribution >= 0.6 is 0 Å². The first-order chi connectivity index (χ1) is 13.6. The number of anilines is 2. The highest BCUT2D eigenvalue weighted by Gasteiger charge is 2.24. The summed E-state index contributed by atoms with van der Waals surface area (Å²) >= 11 is 0. The largest absolute Gasteiger partial charge is 0.467 e. The van der Waals surface area contributed by atoms with Crippen molar-refractivity contribution >= 4 is 17.4 Å². The lowest BCUT2D eigenvalue weighted by Crippen LogP contribution is -2.45. The maximum Gasteiger partial charge on any atom is 0.319 e. The number of nitrogens with one attached hydrogen (secondary N) is 2. The SMILES string of the molecule is C[C@H]1CN(c2ccccc2NC(=O)NCCCOCc2ccco2)C[C@H](C)O1. The number of benzene rings is 1. The zero-order valence-electron chi connectivity index (χ0n) is 16.5. The number of para-hydroxylation sites is 2. The van der Waals surface area contributed by atoms with Crippen LogP contribution in [0.2, 0.25) is 0 Å². The van der Waals surface area contributed by atoms with Gasteiger partial charge in [-0.1, -0.05) is 12.1 Å². The second-order valence-electron chi connectivity index (χ2n) is 7.05. The Hall–Kier alpha value is -2.51. The highest BCUT2D eigenvalue weighted by atomic mass is 16.5. The van der Waals surface area contributed by atoms with Crippen LogP contribution in [0.3, 0.4) is 0 Å². The van der Waals surface area contributed by atoms with Gasteiger partial charge in [-0.15, -0.1) is 0 Å². The number of amides is 2. The van der Waals surface area contributed by atoms with E-state index < -0.39 is 0 Å². The summed E-state index contributed by atoms with van der Waals surface area (Å²) in [7, 11) is 0. The van der Waals surface area contributed by atoms with Gasteiger partial charge in [0.25, 0.3) is 0 Å². The van der Waals surface area contributed by atoms with Gasteiger partial charge in [-0.05, 0) is 44.5 Å². The molecule has 2 amide bonds. The maximum atomic E-state index is 12.3. The van der Waals surface area contributed by atoms with Crippen molar-refractivity contribution in [2.24, 2.45) is 0 Å². The van der Waals surface area contributed by atoms with E-state index in [0.717, 1.165) is 36.6 Å². The van der Waals surface area contributed by atoms with Gasteiger partial charge in [0.2, 0.25) is 0 Å². The summed E-state index contributed by atoms with van der Waals surface area (Å²) in [5.74, 6) is 0.800. The van der Waals surface area contributed by atoms with Gasteiger partial charge < -0.3 is 29.4 Å². The van der Waals surface area contributed by atoms with Crippen LogP contribution in [0.4, 0.5) is 16.2 Å². The molecule has 28 heavy (non-hydrogen) atoms. The lowest BCUT2D eigenvalue weighted by atomic mass is 10.1. The summed E-state index contributed by atoms with van der Waals surface area (Å²) < 4.78 is 16.5. The number of ether oxygens (including phenoxy) is 2. The molecule has 1 saturated heterocycles. The third kappa shape index (κ3) is 6.00. The van der Waals surface area contributed by atoms with Crippen molar-refractivity contribution in [1.29, 1.82) is 0 Å². The van der Waals surface area contributed by atoms with Crippen LogP contribution in [0.25, 0.3) is 0 Å². The number of morpholine rings is 1. The monoisotopic (exact) mass is 387 g/mol. The first kappa shape index (κ1) is 20.2. The molecule has 2 heterocycles. The Morgan fingerprint density at radius 1 is 1.18 bits per heavy atom. The fourth-order valence-electron chi connectivity index (χ4n) is 3.34. The topological polar surface area (TPSA) is 76.0 Å². The molecule has 152 valence electrons. The summed E-state index contributed by atoms with van der Waals surface area (Å²) in [4.78, 5) is 14.5. The molecule has 0 saturated carbocycles. The normalized spacial score (nSPS) is 19.4. The molecule has 0 radical (unpaired) electrons. The number of rotatable bonds is 8. The average Bonchev–Trinajstić information content (AvgIpc) is 3.17. The molecule has 0 aliphatic carbocycles. The summed E-state index contributed by atoms with van der Waals surface area (Å²) in [6, 6.07) is 11.4. The van der Waals surface area contributed by atoms with Crippen molar-refractivity contribution < 1.29 is 18.7 Å². The van der Waals surface area contributed by atoms with Gasteiger partial charge in [-0.2, -0.15) is 0 Å². The Bertz CT molecular complexity index is 725. The molecule has 3 rings (SSSR count). The van der Waals surface area contributed by atoms with E-state index in [0.29, 0.717) is 19.8 Å². The number of carbonyl (C=O) groups excluding carboxylic acids is 1. The molecule has 2 atom stereocenters. The molecule has 7 nitrogen and oxygen atoms in total. The van der Waals surface area contributed by atoms with Gasteiger partial charge in [0.05, 0.1) is 29.8 Å².